The highest BCUT2D eigenvalue weighted by molar-refractivity contribution is 5.33. The summed E-state index contributed by atoms with van der Waals surface area (Å²) in [5.41, 5.74) is 4.37. The Balaban J connectivity index is 2.19. The van der Waals surface area contributed by atoms with Crippen LogP contribution in [0.15, 0.2) is 18.2 Å². The zero-order valence-corrected chi connectivity index (χ0v) is 12.7. The van der Waals surface area contributed by atoms with Gasteiger partial charge in [-0.25, -0.2) is 0 Å². The number of nitrogens with zero attached hydrogens (tertiary/aromatic N) is 1. The Hall–Kier alpha value is -0.860. The molecule has 0 saturated carbocycles. The maximum atomic E-state index is 3.46. The van der Waals surface area contributed by atoms with Crippen molar-refractivity contribution in [3.05, 3.63) is 34.9 Å². The van der Waals surface area contributed by atoms with E-state index in [0.29, 0.717) is 6.04 Å². The van der Waals surface area contributed by atoms with Crippen LogP contribution in [0.4, 0.5) is 0 Å². The van der Waals surface area contributed by atoms with Crippen LogP contribution >= 0.6 is 0 Å². The minimum absolute atomic E-state index is 0.614. The van der Waals surface area contributed by atoms with Gasteiger partial charge in [-0.15, -0.1) is 0 Å². The Morgan fingerprint density at radius 1 is 1.21 bits per heavy atom. The topological polar surface area (TPSA) is 15.3 Å². The van der Waals surface area contributed by atoms with Crippen LogP contribution in [0, 0.1) is 13.8 Å². The summed E-state index contributed by atoms with van der Waals surface area (Å²) in [5, 5.41) is 3.46. The van der Waals surface area contributed by atoms with E-state index in [2.05, 4.69) is 49.2 Å². The smallest absolute Gasteiger partial charge is 0.0351 e. The second-order valence-corrected chi connectivity index (χ2v) is 5.80. The number of hydrogen-bond acceptors (Lipinski definition) is 2. The molecule has 19 heavy (non-hydrogen) atoms. The first-order valence-electron chi connectivity index (χ1n) is 7.74. The van der Waals surface area contributed by atoms with Crippen molar-refractivity contribution >= 4 is 0 Å². The fourth-order valence-corrected chi connectivity index (χ4v) is 3.13. The largest absolute Gasteiger partial charge is 0.314 e. The van der Waals surface area contributed by atoms with E-state index in [1.165, 1.54) is 43.5 Å². The third-order valence-corrected chi connectivity index (χ3v) is 4.21. The van der Waals surface area contributed by atoms with Gasteiger partial charge in [0, 0.05) is 32.2 Å². The van der Waals surface area contributed by atoms with Crippen molar-refractivity contribution in [1.82, 2.24) is 10.2 Å². The lowest BCUT2D eigenvalue weighted by atomic mass is 9.94. The Kier molecular flexibility index (Phi) is 5.41. The molecule has 1 aromatic carbocycles. The van der Waals surface area contributed by atoms with Gasteiger partial charge in [0.25, 0.3) is 0 Å². The van der Waals surface area contributed by atoms with Crippen molar-refractivity contribution in [3.63, 3.8) is 0 Å². The fourth-order valence-electron chi connectivity index (χ4n) is 3.13. The van der Waals surface area contributed by atoms with Crippen LogP contribution in [0.3, 0.4) is 0 Å². The fraction of sp³-hybridized carbons (Fsp3) is 0.647. The van der Waals surface area contributed by atoms with E-state index < -0.39 is 0 Å². The van der Waals surface area contributed by atoms with E-state index in [9.17, 15) is 0 Å². The molecular formula is C17H28N2. The van der Waals surface area contributed by atoms with E-state index in [1.54, 1.807) is 5.56 Å². The number of aryl methyl sites for hydroxylation is 2. The number of unbranched alkanes of at least 4 members (excludes halogenated alkanes) is 1. The molecule has 1 aliphatic heterocycles. The third kappa shape index (κ3) is 3.80. The molecule has 0 aliphatic carbocycles. The predicted octanol–water partition coefficient (Wildman–Crippen LogP) is 3.44. The molecule has 0 amide bonds. The molecule has 2 heteroatoms. The van der Waals surface area contributed by atoms with Gasteiger partial charge in [0.1, 0.15) is 0 Å². The van der Waals surface area contributed by atoms with Crippen LogP contribution in [0.2, 0.25) is 0 Å². The summed E-state index contributed by atoms with van der Waals surface area (Å²) in [4.78, 5) is 2.67. The van der Waals surface area contributed by atoms with Crippen LogP contribution in [0.25, 0.3) is 0 Å². The van der Waals surface area contributed by atoms with Crippen molar-refractivity contribution in [2.75, 3.05) is 26.2 Å². The Bertz CT molecular complexity index is 394. The van der Waals surface area contributed by atoms with E-state index in [4.69, 9.17) is 0 Å². The number of hydrogen-bond donors (Lipinski definition) is 1. The molecule has 1 N–H and O–H groups in total. The van der Waals surface area contributed by atoms with E-state index in [0.717, 1.165) is 13.1 Å². The lowest BCUT2D eigenvalue weighted by molar-refractivity contribution is 0.162. The summed E-state index contributed by atoms with van der Waals surface area (Å²) in [7, 11) is 0. The van der Waals surface area contributed by atoms with Crippen molar-refractivity contribution in [3.8, 4) is 0 Å². The quantitative estimate of drug-likeness (QED) is 0.872. The second-order valence-electron chi connectivity index (χ2n) is 5.80. The average Bonchev–Trinajstić information content (AvgIpc) is 2.42. The summed E-state index contributed by atoms with van der Waals surface area (Å²) >= 11 is 0. The monoisotopic (exact) mass is 260 g/mol. The van der Waals surface area contributed by atoms with Gasteiger partial charge >= 0.3 is 0 Å². The maximum Gasteiger partial charge on any atom is 0.0351 e. The van der Waals surface area contributed by atoms with Gasteiger partial charge in [-0.05, 0) is 31.4 Å². The minimum Gasteiger partial charge on any atom is -0.314 e. The highest BCUT2D eigenvalue weighted by Gasteiger charge is 2.22. The highest BCUT2D eigenvalue weighted by atomic mass is 15.2. The molecule has 2 nitrogen and oxygen atoms in total. The molecule has 106 valence electrons. The van der Waals surface area contributed by atoms with Gasteiger partial charge in [-0.3, -0.25) is 4.90 Å². The molecule has 0 spiro atoms. The van der Waals surface area contributed by atoms with Crippen LogP contribution < -0.4 is 5.32 Å². The van der Waals surface area contributed by atoms with Crippen LogP contribution in [0.5, 0.6) is 0 Å². The van der Waals surface area contributed by atoms with Crippen molar-refractivity contribution in [1.29, 1.82) is 0 Å². The first-order valence-corrected chi connectivity index (χ1v) is 7.74. The summed E-state index contributed by atoms with van der Waals surface area (Å²) in [6.45, 7) is 11.4. The molecule has 1 heterocycles. The predicted molar refractivity (Wildman–Crippen MR) is 82.6 cm³/mol. The van der Waals surface area contributed by atoms with Crippen molar-refractivity contribution < 1.29 is 0 Å². The highest BCUT2D eigenvalue weighted by Crippen LogP contribution is 2.29. The van der Waals surface area contributed by atoms with E-state index in [-0.39, 0.29) is 0 Å². The molecule has 1 fully saturated rings. The van der Waals surface area contributed by atoms with Crippen molar-refractivity contribution in [2.45, 2.75) is 46.1 Å². The third-order valence-electron chi connectivity index (χ3n) is 4.21. The van der Waals surface area contributed by atoms with Gasteiger partial charge < -0.3 is 5.32 Å². The lowest BCUT2D eigenvalue weighted by Crippen LogP contribution is -2.45. The van der Waals surface area contributed by atoms with Gasteiger partial charge in [0.05, 0.1) is 0 Å². The SMILES string of the molecule is CCCC[C@H](c1ccc(C)cc1C)N1CCNCC1. The van der Waals surface area contributed by atoms with Crippen molar-refractivity contribution in [2.24, 2.45) is 0 Å². The molecule has 0 radical (unpaired) electrons. The lowest BCUT2D eigenvalue weighted by Gasteiger charge is -2.36. The number of rotatable bonds is 5. The van der Waals surface area contributed by atoms with Crippen LogP contribution in [-0.4, -0.2) is 31.1 Å². The Morgan fingerprint density at radius 2 is 1.95 bits per heavy atom. The zero-order valence-electron chi connectivity index (χ0n) is 12.7. The molecule has 0 unspecified atom stereocenters. The zero-order chi connectivity index (χ0) is 13.7. The number of piperazine rings is 1. The molecule has 1 aliphatic rings. The standard InChI is InChI=1S/C17H28N2/c1-4-5-6-17(19-11-9-18-10-12-19)16-8-7-14(2)13-15(16)3/h7-8,13,17-18H,4-6,9-12H2,1-3H3/t17-/m1/s1. The average molecular weight is 260 g/mol. The first kappa shape index (κ1) is 14.5. The molecule has 2 rings (SSSR count). The maximum absolute atomic E-state index is 3.46. The summed E-state index contributed by atoms with van der Waals surface area (Å²) in [5.74, 6) is 0. The molecule has 0 aromatic heterocycles. The van der Waals surface area contributed by atoms with Gasteiger partial charge in [-0.2, -0.15) is 0 Å². The van der Waals surface area contributed by atoms with Crippen LogP contribution in [-0.2, 0) is 0 Å². The Labute approximate surface area is 118 Å². The molecule has 1 aromatic rings. The number of nitrogens with one attached hydrogen (secondary N) is 1. The first-order chi connectivity index (χ1) is 9.22. The molecule has 1 saturated heterocycles. The normalized spacial score (nSPS) is 18.5. The molecule has 1 atom stereocenters. The minimum atomic E-state index is 0.614. The molecule has 0 bridgehead atoms. The Morgan fingerprint density at radius 3 is 2.58 bits per heavy atom. The van der Waals surface area contributed by atoms with Gasteiger partial charge in [-0.1, -0.05) is 43.5 Å². The van der Waals surface area contributed by atoms with E-state index >= 15 is 0 Å². The summed E-state index contributed by atoms with van der Waals surface area (Å²) < 4.78 is 0. The van der Waals surface area contributed by atoms with E-state index in [1.807, 2.05) is 0 Å². The summed E-state index contributed by atoms with van der Waals surface area (Å²) in [6.07, 6.45) is 3.90. The second kappa shape index (κ2) is 7.06. The van der Waals surface area contributed by atoms with Crippen LogP contribution in [0.1, 0.15) is 48.9 Å². The van der Waals surface area contributed by atoms with Gasteiger partial charge in [0.2, 0.25) is 0 Å². The summed E-state index contributed by atoms with van der Waals surface area (Å²) in [6, 6.07) is 7.56. The van der Waals surface area contributed by atoms with Gasteiger partial charge in [0.15, 0.2) is 0 Å². The number of benzene rings is 1. The molecular weight excluding hydrogens is 232 g/mol.